The second-order valence-corrected chi connectivity index (χ2v) is 5.92. The molecule has 1 aliphatic rings. The summed E-state index contributed by atoms with van der Waals surface area (Å²) in [5, 5.41) is 3.09. The minimum absolute atomic E-state index is 0.0318. The fraction of sp³-hybridized carbons (Fsp3) is 0.417. The first-order chi connectivity index (χ1) is 7.77. The number of amides is 1. The van der Waals surface area contributed by atoms with Gasteiger partial charge in [-0.1, -0.05) is 12.1 Å². The SMILES string of the molecule is O=C(NC1CCSCC1)c1ccccc1Br. The highest BCUT2D eigenvalue weighted by Gasteiger charge is 2.17. The maximum Gasteiger partial charge on any atom is 0.252 e. The van der Waals surface area contributed by atoms with Gasteiger partial charge < -0.3 is 5.32 Å². The van der Waals surface area contributed by atoms with E-state index in [1.165, 1.54) is 0 Å². The molecule has 0 atom stereocenters. The van der Waals surface area contributed by atoms with Crippen LogP contribution in [0.4, 0.5) is 0 Å². The van der Waals surface area contributed by atoms with Gasteiger partial charge in [-0.3, -0.25) is 4.79 Å². The Kier molecular flexibility index (Phi) is 4.29. The Morgan fingerprint density at radius 3 is 2.69 bits per heavy atom. The molecule has 1 aromatic rings. The summed E-state index contributed by atoms with van der Waals surface area (Å²) in [5.74, 6) is 2.34. The molecule has 0 aromatic heterocycles. The zero-order valence-electron chi connectivity index (χ0n) is 8.91. The third-order valence-corrected chi connectivity index (χ3v) is 4.42. The van der Waals surface area contributed by atoms with E-state index in [2.05, 4.69) is 21.2 Å². The van der Waals surface area contributed by atoms with Crippen LogP contribution in [0.1, 0.15) is 23.2 Å². The molecule has 0 radical (unpaired) electrons. The van der Waals surface area contributed by atoms with Crippen molar-refractivity contribution in [2.75, 3.05) is 11.5 Å². The molecule has 2 rings (SSSR count). The molecule has 16 heavy (non-hydrogen) atoms. The summed E-state index contributed by atoms with van der Waals surface area (Å²) in [6, 6.07) is 7.89. The third-order valence-electron chi connectivity index (χ3n) is 2.68. The van der Waals surface area contributed by atoms with Crippen molar-refractivity contribution in [2.24, 2.45) is 0 Å². The van der Waals surface area contributed by atoms with Gasteiger partial charge in [-0.15, -0.1) is 0 Å². The molecule has 1 saturated heterocycles. The lowest BCUT2D eigenvalue weighted by Crippen LogP contribution is -2.37. The van der Waals surface area contributed by atoms with Crippen LogP contribution >= 0.6 is 27.7 Å². The van der Waals surface area contributed by atoms with Gasteiger partial charge in [0.25, 0.3) is 5.91 Å². The van der Waals surface area contributed by atoms with Crippen molar-refractivity contribution in [3.05, 3.63) is 34.3 Å². The number of carbonyl (C=O) groups excluding carboxylic acids is 1. The molecule has 2 nitrogen and oxygen atoms in total. The van der Waals surface area contributed by atoms with E-state index in [1.54, 1.807) is 0 Å². The molecule has 0 saturated carbocycles. The van der Waals surface area contributed by atoms with Gasteiger partial charge in [-0.2, -0.15) is 11.8 Å². The molecule has 1 amide bonds. The van der Waals surface area contributed by atoms with Crippen LogP contribution in [0.15, 0.2) is 28.7 Å². The first-order valence-corrected chi connectivity index (χ1v) is 7.35. The summed E-state index contributed by atoms with van der Waals surface area (Å²) in [6.07, 6.45) is 2.17. The van der Waals surface area contributed by atoms with Crippen molar-refractivity contribution < 1.29 is 4.79 Å². The van der Waals surface area contributed by atoms with Crippen LogP contribution in [0.3, 0.4) is 0 Å². The van der Waals surface area contributed by atoms with E-state index < -0.39 is 0 Å². The fourth-order valence-electron chi connectivity index (χ4n) is 1.75. The van der Waals surface area contributed by atoms with Crippen molar-refractivity contribution in [2.45, 2.75) is 18.9 Å². The highest BCUT2D eigenvalue weighted by Crippen LogP contribution is 2.19. The Bertz CT molecular complexity index is 377. The normalized spacial score (nSPS) is 17.1. The molecule has 86 valence electrons. The number of rotatable bonds is 2. The number of carbonyl (C=O) groups is 1. The Balaban J connectivity index is 2.00. The van der Waals surface area contributed by atoms with Crippen molar-refractivity contribution in [1.29, 1.82) is 0 Å². The molecule has 0 unspecified atom stereocenters. The first kappa shape index (κ1) is 12.0. The third kappa shape index (κ3) is 3.01. The van der Waals surface area contributed by atoms with E-state index in [9.17, 15) is 4.79 Å². The molecule has 0 spiro atoms. The van der Waals surface area contributed by atoms with Gasteiger partial charge in [0.05, 0.1) is 5.56 Å². The fourth-order valence-corrected chi connectivity index (χ4v) is 3.32. The van der Waals surface area contributed by atoms with Gasteiger partial charge in [-0.05, 0) is 52.4 Å². The summed E-state index contributed by atoms with van der Waals surface area (Å²) in [4.78, 5) is 12.0. The summed E-state index contributed by atoms with van der Waals surface area (Å²) in [7, 11) is 0. The molecular formula is C12H14BrNOS. The second kappa shape index (κ2) is 5.73. The smallest absolute Gasteiger partial charge is 0.252 e. The molecule has 4 heteroatoms. The van der Waals surface area contributed by atoms with E-state index >= 15 is 0 Å². The van der Waals surface area contributed by atoms with Gasteiger partial charge >= 0.3 is 0 Å². The second-order valence-electron chi connectivity index (χ2n) is 3.84. The predicted octanol–water partition coefficient (Wildman–Crippen LogP) is 3.07. The monoisotopic (exact) mass is 299 g/mol. The minimum atomic E-state index is 0.0318. The Labute approximate surface area is 108 Å². The Hall–Kier alpha value is -0.480. The largest absolute Gasteiger partial charge is 0.349 e. The van der Waals surface area contributed by atoms with Crippen LogP contribution in [0.2, 0.25) is 0 Å². The minimum Gasteiger partial charge on any atom is -0.349 e. The number of hydrogen-bond acceptors (Lipinski definition) is 2. The number of benzene rings is 1. The maximum atomic E-state index is 12.0. The molecule has 1 aromatic carbocycles. The van der Waals surface area contributed by atoms with Gasteiger partial charge in [0.15, 0.2) is 0 Å². The summed E-state index contributed by atoms with van der Waals surface area (Å²) in [6.45, 7) is 0. The van der Waals surface area contributed by atoms with E-state index in [0.29, 0.717) is 6.04 Å². The molecule has 1 fully saturated rings. The van der Waals surface area contributed by atoms with E-state index in [4.69, 9.17) is 0 Å². The van der Waals surface area contributed by atoms with E-state index in [0.717, 1.165) is 34.4 Å². The van der Waals surface area contributed by atoms with Crippen LogP contribution in [-0.4, -0.2) is 23.5 Å². The zero-order valence-corrected chi connectivity index (χ0v) is 11.3. The van der Waals surface area contributed by atoms with Crippen LogP contribution in [0.25, 0.3) is 0 Å². The maximum absolute atomic E-state index is 12.0. The van der Waals surface area contributed by atoms with Crippen molar-refractivity contribution >= 4 is 33.6 Å². The Morgan fingerprint density at radius 1 is 1.31 bits per heavy atom. The van der Waals surface area contributed by atoms with Crippen LogP contribution in [0, 0.1) is 0 Å². The van der Waals surface area contributed by atoms with Crippen LogP contribution < -0.4 is 5.32 Å². The zero-order chi connectivity index (χ0) is 11.4. The number of thioether (sulfide) groups is 1. The molecule has 1 N–H and O–H groups in total. The average molecular weight is 300 g/mol. The lowest BCUT2D eigenvalue weighted by molar-refractivity contribution is 0.0934. The highest BCUT2D eigenvalue weighted by molar-refractivity contribution is 9.10. The number of hydrogen-bond donors (Lipinski definition) is 1. The van der Waals surface area contributed by atoms with Crippen molar-refractivity contribution in [1.82, 2.24) is 5.32 Å². The lowest BCUT2D eigenvalue weighted by atomic mass is 10.1. The van der Waals surface area contributed by atoms with E-state index in [-0.39, 0.29) is 5.91 Å². The van der Waals surface area contributed by atoms with Crippen molar-refractivity contribution in [3.63, 3.8) is 0 Å². The quantitative estimate of drug-likeness (QED) is 0.909. The van der Waals surface area contributed by atoms with Crippen molar-refractivity contribution in [3.8, 4) is 0 Å². The summed E-state index contributed by atoms with van der Waals surface area (Å²) >= 11 is 5.36. The van der Waals surface area contributed by atoms with Gasteiger partial charge in [0, 0.05) is 10.5 Å². The standard InChI is InChI=1S/C12H14BrNOS/c13-11-4-2-1-3-10(11)12(15)14-9-5-7-16-8-6-9/h1-4,9H,5-8H2,(H,14,15). The molecule has 1 heterocycles. The topological polar surface area (TPSA) is 29.1 Å². The van der Waals surface area contributed by atoms with Crippen LogP contribution in [0.5, 0.6) is 0 Å². The molecule has 1 aliphatic heterocycles. The molecule has 0 bridgehead atoms. The van der Waals surface area contributed by atoms with Crippen LogP contribution in [-0.2, 0) is 0 Å². The summed E-state index contributed by atoms with van der Waals surface area (Å²) in [5.41, 5.74) is 0.723. The molecule has 0 aliphatic carbocycles. The van der Waals surface area contributed by atoms with Gasteiger partial charge in [-0.25, -0.2) is 0 Å². The predicted molar refractivity (Wildman–Crippen MR) is 72.0 cm³/mol. The number of halogens is 1. The van der Waals surface area contributed by atoms with Gasteiger partial charge in [0.2, 0.25) is 0 Å². The first-order valence-electron chi connectivity index (χ1n) is 5.40. The van der Waals surface area contributed by atoms with Gasteiger partial charge in [0.1, 0.15) is 0 Å². The van der Waals surface area contributed by atoms with E-state index in [1.807, 2.05) is 36.0 Å². The molecular weight excluding hydrogens is 286 g/mol. The lowest BCUT2D eigenvalue weighted by Gasteiger charge is -2.22. The highest BCUT2D eigenvalue weighted by atomic mass is 79.9. The summed E-state index contributed by atoms with van der Waals surface area (Å²) < 4.78 is 0.859. The Morgan fingerprint density at radius 2 is 2.00 bits per heavy atom. The number of nitrogens with one attached hydrogen (secondary N) is 1. The average Bonchev–Trinajstić information content (AvgIpc) is 2.31.